The number of aryl methyl sites for hydroxylation is 2. The summed E-state index contributed by atoms with van der Waals surface area (Å²) in [4.78, 5) is 15.5. The topological polar surface area (TPSA) is 82.0 Å². The number of hydrogen-bond donors (Lipinski definition) is 2. The van der Waals surface area contributed by atoms with E-state index in [2.05, 4.69) is 24.0 Å². The molecule has 0 atom stereocenters. The predicted octanol–water partition coefficient (Wildman–Crippen LogP) is 3.36. The summed E-state index contributed by atoms with van der Waals surface area (Å²) >= 11 is 0. The quantitative estimate of drug-likeness (QED) is 0.733. The largest absolute Gasteiger partial charge is 0.398 e. The Morgan fingerprint density at radius 3 is 2.64 bits per heavy atom. The van der Waals surface area contributed by atoms with Crippen molar-refractivity contribution in [3.8, 4) is 0 Å². The van der Waals surface area contributed by atoms with Gasteiger partial charge in [0.25, 0.3) is 0 Å². The van der Waals surface area contributed by atoms with Crippen LogP contribution in [0, 0.1) is 0 Å². The molecule has 0 saturated heterocycles. The Morgan fingerprint density at radius 2 is 1.91 bits per heavy atom. The molecular formula is C18H25N3O. The van der Waals surface area contributed by atoms with E-state index >= 15 is 0 Å². The molecule has 4 heteroatoms. The fraction of sp³-hybridized carbons (Fsp3) is 0.444. The molecule has 4 N–H and O–H groups in total. The first kappa shape index (κ1) is 16.3. The number of carbonyl (C=O) groups excluding carboxylic acids is 1. The van der Waals surface area contributed by atoms with Crippen LogP contribution in [-0.4, -0.2) is 10.9 Å². The number of nitrogen functional groups attached to an aromatic ring is 1. The van der Waals surface area contributed by atoms with Crippen molar-refractivity contribution in [2.75, 3.05) is 5.73 Å². The van der Waals surface area contributed by atoms with Gasteiger partial charge >= 0.3 is 0 Å². The molecule has 0 fully saturated rings. The highest BCUT2D eigenvalue weighted by atomic mass is 16.1. The Labute approximate surface area is 131 Å². The number of unbranched alkanes of at least 4 members (excludes halogenated alkanes) is 2. The summed E-state index contributed by atoms with van der Waals surface area (Å²) in [6.45, 7) is 2.21. The van der Waals surface area contributed by atoms with Crippen molar-refractivity contribution in [3.63, 3.8) is 0 Å². The van der Waals surface area contributed by atoms with Crippen molar-refractivity contribution in [1.82, 2.24) is 4.98 Å². The van der Waals surface area contributed by atoms with Crippen LogP contribution in [-0.2, 0) is 17.6 Å². The Morgan fingerprint density at radius 1 is 1.14 bits per heavy atom. The fourth-order valence-electron chi connectivity index (χ4n) is 2.77. The number of anilines is 1. The Hall–Kier alpha value is -2.10. The molecule has 0 spiro atoms. The summed E-state index contributed by atoms with van der Waals surface area (Å²) in [5.74, 6) is -0.273. The van der Waals surface area contributed by atoms with Crippen LogP contribution in [0.1, 0.15) is 50.2 Å². The number of nitrogens with two attached hydrogens (primary N) is 2. The van der Waals surface area contributed by atoms with Crippen molar-refractivity contribution in [3.05, 3.63) is 35.5 Å². The third kappa shape index (κ3) is 3.97. The first-order valence-electron chi connectivity index (χ1n) is 8.06. The number of aromatic nitrogens is 1. The number of nitrogens with zero attached hydrogens (tertiary/aromatic N) is 1. The molecule has 1 aromatic heterocycles. The Kier molecular flexibility index (Phi) is 5.75. The first-order valence-corrected chi connectivity index (χ1v) is 8.06. The number of para-hydroxylation sites is 1. The number of carbonyl (C=O) groups is 1. The van der Waals surface area contributed by atoms with Crippen LogP contribution in [0.25, 0.3) is 10.9 Å². The lowest BCUT2D eigenvalue weighted by Crippen LogP contribution is -2.10. The van der Waals surface area contributed by atoms with Gasteiger partial charge in [-0.15, -0.1) is 0 Å². The van der Waals surface area contributed by atoms with Gasteiger partial charge < -0.3 is 11.5 Å². The summed E-state index contributed by atoms with van der Waals surface area (Å²) in [5, 5.41) is 1.02. The molecule has 0 unspecified atom stereocenters. The number of fused-ring (bicyclic) bond motifs is 1. The zero-order chi connectivity index (χ0) is 15.9. The number of amides is 1. The highest BCUT2D eigenvalue weighted by Crippen LogP contribution is 2.27. The molecule has 4 nitrogen and oxygen atoms in total. The molecule has 2 aromatic rings. The Bertz CT molecular complexity index is 652. The molecule has 0 radical (unpaired) electrons. The molecule has 0 aliphatic heterocycles. The van der Waals surface area contributed by atoms with Crippen molar-refractivity contribution >= 4 is 22.5 Å². The molecule has 0 bridgehead atoms. The molecular weight excluding hydrogens is 274 g/mol. The summed E-state index contributed by atoms with van der Waals surface area (Å²) in [6, 6.07) is 6.21. The lowest BCUT2D eigenvalue weighted by molar-refractivity contribution is -0.118. The van der Waals surface area contributed by atoms with Crippen LogP contribution in [0.2, 0.25) is 0 Å². The van der Waals surface area contributed by atoms with E-state index in [0.717, 1.165) is 35.0 Å². The molecule has 1 heterocycles. The minimum atomic E-state index is -0.273. The van der Waals surface area contributed by atoms with Gasteiger partial charge in [-0.25, -0.2) is 0 Å². The van der Waals surface area contributed by atoms with Gasteiger partial charge in [0.1, 0.15) is 0 Å². The van der Waals surface area contributed by atoms with Crippen molar-refractivity contribution in [1.29, 1.82) is 0 Å². The van der Waals surface area contributed by atoms with Crippen LogP contribution in [0.15, 0.2) is 24.4 Å². The number of benzene rings is 1. The SMILES string of the molecule is CCCCCc1cccc2c(N)c(CCCC(N)=O)cnc12. The van der Waals surface area contributed by atoms with Gasteiger partial charge in [0.15, 0.2) is 0 Å². The maximum Gasteiger partial charge on any atom is 0.217 e. The maximum atomic E-state index is 10.8. The van der Waals surface area contributed by atoms with Crippen molar-refractivity contribution in [2.45, 2.75) is 51.9 Å². The molecule has 118 valence electrons. The zero-order valence-electron chi connectivity index (χ0n) is 13.3. The van der Waals surface area contributed by atoms with E-state index in [1.807, 2.05) is 12.3 Å². The predicted molar refractivity (Wildman–Crippen MR) is 91.5 cm³/mol. The summed E-state index contributed by atoms with van der Waals surface area (Å²) < 4.78 is 0. The van der Waals surface area contributed by atoms with Crippen molar-refractivity contribution in [2.24, 2.45) is 5.73 Å². The normalized spacial score (nSPS) is 11.0. The molecule has 1 aromatic carbocycles. The second kappa shape index (κ2) is 7.78. The fourth-order valence-corrected chi connectivity index (χ4v) is 2.77. The standard InChI is InChI=1S/C18H25N3O/c1-2-3-4-7-13-8-5-10-15-17(20)14(12-21-18(13)15)9-6-11-16(19)22/h5,8,10,12H,2-4,6-7,9,11H2,1H3,(H2,19,22)(H2,20,21). The second-order valence-corrected chi connectivity index (χ2v) is 5.79. The van der Waals surface area contributed by atoms with Gasteiger partial charge in [0, 0.05) is 23.7 Å². The lowest BCUT2D eigenvalue weighted by atomic mass is 10.00. The highest BCUT2D eigenvalue weighted by molar-refractivity contribution is 5.93. The second-order valence-electron chi connectivity index (χ2n) is 5.79. The van der Waals surface area contributed by atoms with Crippen LogP contribution < -0.4 is 11.5 Å². The monoisotopic (exact) mass is 299 g/mol. The summed E-state index contributed by atoms with van der Waals surface area (Å²) in [5.41, 5.74) is 15.5. The molecule has 0 saturated carbocycles. The minimum absolute atomic E-state index is 0.273. The number of hydrogen-bond acceptors (Lipinski definition) is 3. The average molecular weight is 299 g/mol. The number of rotatable bonds is 8. The van der Waals surface area contributed by atoms with E-state index in [1.54, 1.807) is 0 Å². The number of primary amides is 1. The highest BCUT2D eigenvalue weighted by Gasteiger charge is 2.09. The third-order valence-corrected chi connectivity index (χ3v) is 4.02. The first-order chi connectivity index (χ1) is 10.6. The van der Waals surface area contributed by atoms with Gasteiger partial charge in [0.05, 0.1) is 5.52 Å². The average Bonchev–Trinajstić information content (AvgIpc) is 2.50. The minimum Gasteiger partial charge on any atom is -0.398 e. The molecule has 2 rings (SSSR count). The van der Waals surface area contributed by atoms with E-state index in [4.69, 9.17) is 11.5 Å². The van der Waals surface area contributed by atoms with E-state index in [1.165, 1.54) is 24.8 Å². The van der Waals surface area contributed by atoms with Gasteiger partial charge in [-0.05, 0) is 36.8 Å². The zero-order valence-corrected chi connectivity index (χ0v) is 13.3. The van der Waals surface area contributed by atoms with E-state index in [9.17, 15) is 4.79 Å². The van der Waals surface area contributed by atoms with E-state index in [-0.39, 0.29) is 5.91 Å². The van der Waals surface area contributed by atoms with Crippen molar-refractivity contribution < 1.29 is 4.79 Å². The summed E-state index contributed by atoms with van der Waals surface area (Å²) in [6.07, 6.45) is 8.34. The number of pyridine rings is 1. The molecule has 22 heavy (non-hydrogen) atoms. The van der Waals surface area contributed by atoms with Crippen LogP contribution >= 0.6 is 0 Å². The Balaban J connectivity index is 2.22. The van der Waals surface area contributed by atoms with Crippen LogP contribution in [0.4, 0.5) is 5.69 Å². The maximum absolute atomic E-state index is 10.8. The van der Waals surface area contributed by atoms with Gasteiger partial charge in [-0.2, -0.15) is 0 Å². The molecule has 0 aliphatic rings. The molecule has 0 aliphatic carbocycles. The smallest absolute Gasteiger partial charge is 0.217 e. The van der Waals surface area contributed by atoms with Gasteiger partial charge in [-0.1, -0.05) is 38.0 Å². The lowest BCUT2D eigenvalue weighted by Gasteiger charge is -2.11. The third-order valence-electron chi connectivity index (χ3n) is 4.02. The molecule has 1 amide bonds. The van der Waals surface area contributed by atoms with E-state index in [0.29, 0.717) is 12.8 Å². The van der Waals surface area contributed by atoms with Gasteiger partial charge in [-0.3, -0.25) is 9.78 Å². The van der Waals surface area contributed by atoms with E-state index < -0.39 is 0 Å². The summed E-state index contributed by atoms with van der Waals surface area (Å²) in [7, 11) is 0. The van der Waals surface area contributed by atoms with Gasteiger partial charge in [0.2, 0.25) is 5.91 Å². The van der Waals surface area contributed by atoms with Crippen LogP contribution in [0.5, 0.6) is 0 Å². The van der Waals surface area contributed by atoms with Crippen LogP contribution in [0.3, 0.4) is 0 Å².